The van der Waals surface area contributed by atoms with Crippen molar-refractivity contribution in [1.29, 1.82) is 0 Å². The highest BCUT2D eigenvalue weighted by molar-refractivity contribution is 7.80. The predicted molar refractivity (Wildman–Crippen MR) is 89.9 cm³/mol. The van der Waals surface area contributed by atoms with Crippen LogP contribution in [-0.4, -0.2) is 23.1 Å². The van der Waals surface area contributed by atoms with E-state index in [0.29, 0.717) is 6.42 Å². The fourth-order valence-corrected chi connectivity index (χ4v) is 1.93. The van der Waals surface area contributed by atoms with Crippen LogP contribution in [0.3, 0.4) is 0 Å². The molecule has 1 aromatic rings. The molecule has 0 heterocycles. The first kappa shape index (κ1) is 18.6. The molecule has 0 unspecified atom stereocenters. The lowest BCUT2D eigenvalue weighted by molar-refractivity contribution is -0.124. The third kappa shape index (κ3) is 6.07. The number of benzene rings is 1. The standard InChI is InChI=1S/C14H20FN5O2S/c1-3-8(2)11(18-13(16)22)12(21)19-20-14(23)17-10-7-5-4-6-9(10)15/h4-8,11H,3H2,1-2H3,(H,19,21)(H3,16,18,22)(H2,17,20,23)/t8-,11-/m0/s1. The van der Waals surface area contributed by atoms with Crippen LogP contribution < -0.4 is 27.2 Å². The van der Waals surface area contributed by atoms with E-state index in [1.54, 1.807) is 19.1 Å². The number of carbonyl (C=O) groups is 2. The molecule has 0 aliphatic carbocycles. The Morgan fingerprint density at radius 3 is 2.52 bits per heavy atom. The van der Waals surface area contributed by atoms with Gasteiger partial charge in [-0.3, -0.25) is 15.6 Å². The number of rotatable bonds is 5. The van der Waals surface area contributed by atoms with Crippen molar-refractivity contribution in [3.05, 3.63) is 30.1 Å². The maximum Gasteiger partial charge on any atom is 0.312 e. The zero-order chi connectivity index (χ0) is 17.4. The Bertz CT molecular complexity index is 584. The molecular weight excluding hydrogens is 321 g/mol. The minimum atomic E-state index is -0.804. The molecule has 0 aliphatic heterocycles. The molecule has 0 aromatic heterocycles. The summed E-state index contributed by atoms with van der Waals surface area (Å²) in [6.45, 7) is 3.68. The van der Waals surface area contributed by atoms with Crippen molar-refractivity contribution in [2.24, 2.45) is 11.7 Å². The van der Waals surface area contributed by atoms with Crippen LogP contribution in [0.5, 0.6) is 0 Å². The number of hydrogen-bond donors (Lipinski definition) is 5. The highest BCUT2D eigenvalue weighted by Gasteiger charge is 2.25. The van der Waals surface area contributed by atoms with Crippen LogP contribution in [0.1, 0.15) is 20.3 Å². The topological polar surface area (TPSA) is 108 Å². The molecule has 6 N–H and O–H groups in total. The second kappa shape index (κ2) is 8.89. The molecule has 126 valence electrons. The van der Waals surface area contributed by atoms with Gasteiger partial charge in [-0.1, -0.05) is 32.4 Å². The molecule has 0 saturated carbocycles. The van der Waals surface area contributed by atoms with Crippen LogP contribution in [0.2, 0.25) is 0 Å². The Balaban J connectivity index is 2.57. The van der Waals surface area contributed by atoms with E-state index in [0.717, 1.165) is 0 Å². The first-order valence-electron chi connectivity index (χ1n) is 7.02. The Morgan fingerprint density at radius 2 is 1.96 bits per heavy atom. The number of thiocarbonyl (C=S) groups is 1. The largest absolute Gasteiger partial charge is 0.352 e. The van der Waals surface area contributed by atoms with E-state index in [-0.39, 0.29) is 16.7 Å². The van der Waals surface area contributed by atoms with Crippen LogP contribution in [0, 0.1) is 11.7 Å². The van der Waals surface area contributed by atoms with Crippen LogP contribution >= 0.6 is 12.2 Å². The van der Waals surface area contributed by atoms with Crippen LogP contribution in [0.4, 0.5) is 14.9 Å². The summed E-state index contributed by atoms with van der Waals surface area (Å²) in [7, 11) is 0. The van der Waals surface area contributed by atoms with E-state index in [4.69, 9.17) is 18.0 Å². The number of nitrogens with two attached hydrogens (primary N) is 1. The van der Waals surface area contributed by atoms with E-state index in [2.05, 4.69) is 21.5 Å². The van der Waals surface area contributed by atoms with Gasteiger partial charge in [0.1, 0.15) is 11.9 Å². The van der Waals surface area contributed by atoms with E-state index < -0.39 is 23.8 Å². The Kier molecular flexibility index (Phi) is 7.20. The van der Waals surface area contributed by atoms with E-state index in [1.165, 1.54) is 12.1 Å². The number of anilines is 1. The van der Waals surface area contributed by atoms with Crippen molar-refractivity contribution in [1.82, 2.24) is 16.2 Å². The third-order valence-electron chi connectivity index (χ3n) is 3.21. The van der Waals surface area contributed by atoms with Gasteiger partial charge in [0.25, 0.3) is 5.91 Å². The van der Waals surface area contributed by atoms with Crippen LogP contribution in [-0.2, 0) is 4.79 Å². The smallest absolute Gasteiger partial charge is 0.312 e. The lowest BCUT2D eigenvalue weighted by Gasteiger charge is -2.23. The minimum Gasteiger partial charge on any atom is -0.352 e. The average molecular weight is 341 g/mol. The highest BCUT2D eigenvalue weighted by atomic mass is 32.1. The Labute approximate surface area is 139 Å². The second-order valence-corrected chi connectivity index (χ2v) is 5.33. The van der Waals surface area contributed by atoms with Gasteiger partial charge in [-0.15, -0.1) is 0 Å². The van der Waals surface area contributed by atoms with Crippen molar-refractivity contribution in [2.75, 3.05) is 5.32 Å². The number of carbonyl (C=O) groups excluding carboxylic acids is 2. The molecule has 0 bridgehead atoms. The number of hydrogen-bond acceptors (Lipinski definition) is 3. The van der Waals surface area contributed by atoms with Crippen molar-refractivity contribution in [3.63, 3.8) is 0 Å². The highest BCUT2D eigenvalue weighted by Crippen LogP contribution is 2.12. The summed E-state index contributed by atoms with van der Waals surface area (Å²) in [5.41, 5.74) is 10.1. The van der Waals surface area contributed by atoms with Gasteiger partial charge in [0.15, 0.2) is 5.11 Å². The first-order valence-corrected chi connectivity index (χ1v) is 7.43. The second-order valence-electron chi connectivity index (χ2n) is 4.92. The van der Waals surface area contributed by atoms with Crippen molar-refractivity contribution >= 4 is 35.0 Å². The van der Waals surface area contributed by atoms with Gasteiger partial charge in [0.2, 0.25) is 0 Å². The number of hydrazine groups is 1. The van der Waals surface area contributed by atoms with E-state index in [9.17, 15) is 14.0 Å². The molecular formula is C14H20FN5O2S. The van der Waals surface area contributed by atoms with Crippen molar-refractivity contribution in [2.45, 2.75) is 26.3 Å². The molecule has 0 fully saturated rings. The fourth-order valence-electron chi connectivity index (χ4n) is 1.77. The maximum absolute atomic E-state index is 13.5. The van der Waals surface area contributed by atoms with E-state index >= 15 is 0 Å². The molecule has 3 amide bonds. The number of nitrogens with one attached hydrogen (secondary N) is 4. The van der Waals surface area contributed by atoms with Gasteiger partial charge >= 0.3 is 6.03 Å². The van der Waals surface area contributed by atoms with Crippen molar-refractivity contribution < 1.29 is 14.0 Å². The molecule has 7 nitrogen and oxygen atoms in total. The quantitative estimate of drug-likeness (QED) is 0.409. The van der Waals surface area contributed by atoms with Crippen LogP contribution in [0.25, 0.3) is 0 Å². The summed E-state index contributed by atoms with van der Waals surface area (Å²) in [6, 6.07) is 4.37. The van der Waals surface area contributed by atoms with E-state index in [1.807, 2.05) is 6.92 Å². The summed E-state index contributed by atoms with van der Waals surface area (Å²) >= 11 is 4.97. The fraction of sp³-hybridized carbons (Fsp3) is 0.357. The molecule has 23 heavy (non-hydrogen) atoms. The number of para-hydroxylation sites is 1. The number of primary amides is 1. The van der Waals surface area contributed by atoms with Gasteiger partial charge < -0.3 is 16.4 Å². The van der Waals surface area contributed by atoms with Gasteiger partial charge in [0.05, 0.1) is 5.69 Å². The van der Waals surface area contributed by atoms with Crippen molar-refractivity contribution in [3.8, 4) is 0 Å². The lowest BCUT2D eigenvalue weighted by atomic mass is 9.99. The molecule has 2 atom stereocenters. The minimum absolute atomic E-state index is 0.00502. The summed E-state index contributed by atoms with van der Waals surface area (Å²) < 4.78 is 13.5. The Hall–Kier alpha value is -2.42. The zero-order valence-electron chi connectivity index (χ0n) is 12.9. The molecule has 0 saturated heterocycles. The normalized spacial score (nSPS) is 12.7. The Morgan fingerprint density at radius 1 is 1.30 bits per heavy atom. The molecule has 1 rings (SSSR count). The third-order valence-corrected chi connectivity index (χ3v) is 3.42. The lowest BCUT2D eigenvalue weighted by Crippen LogP contribution is -2.56. The summed E-state index contributed by atoms with van der Waals surface area (Å²) in [6.07, 6.45) is 0.663. The zero-order valence-corrected chi connectivity index (χ0v) is 13.7. The number of urea groups is 1. The van der Waals surface area contributed by atoms with Gasteiger partial charge in [0, 0.05) is 0 Å². The molecule has 0 aliphatic rings. The van der Waals surface area contributed by atoms with Crippen LogP contribution in [0.15, 0.2) is 24.3 Å². The average Bonchev–Trinajstić information content (AvgIpc) is 2.51. The first-order chi connectivity index (χ1) is 10.8. The molecule has 9 heteroatoms. The van der Waals surface area contributed by atoms with Gasteiger partial charge in [-0.05, 0) is 30.3 Å². The number of amides is 3. The predicted octanol–water partition coefficient (Wildman–Crippen LogP) is 1.23. The molecule has 0 radical (unpaired) electrons. The summed E-state index contributed by atoms with van der Waals surface area (Å²) in [5, 5.41) is 4.99. The summed E-state index contributed by atoms with van der Waals surface area (Å²) in [4.78, 5) is 23.1. The SMILES string of the molecule is CC[C@H](C)[C@H](NC(N)=O)C(=O)NNC(=S)Nc1ccccc1F. The van der Waals surface area contributed by atoms with Gasteiger partial charge in [-0.25, -0.2) is 9.18 Å². The summed E-state index contributed by atoms with van der Waals surface area (Å²) in [5.74, 6) is -1.11. The number of halogens is 1. The van der Waals surface area contributed by atoms with Gasteiger partial charge in [-0.2, -0.15) is 0 Å². The molecule has 0 spiro atoms. The molecule has 1 aromatic carbocycles. The monoisotopic (exact) mass is 341 g/mol. The maximum atomic E-state index is 13.5.